The molecular formula is C16H19N3. The molecule has 0 fully saturated rings. The molecule has 3 rings (SSSR count). The number of hydrogen-bond acceptors (Lipinski definition) is 1. The molecule has 0 saturated carbocycles. The summed E-state index contributed by atoms with van der Waals surface area (Å²) in [5, 5.41) is 5.81. The maximum atomic E-state index is 4.51. The highest BCUT2D eigenvalue weighted by Crippen LogP contribution is 2.19. The quantitative estimate of drug-likeness (QED) is 0.702. The minimum Gasteiger partial charge on any atom is -0.341 e. The number of rotatable bonds is 3. The van der Waals surface area contributed by atoms with Crippen LogP contribution in [0.25, 0.3) is 10.9 Å². The lowest BCUT2D eigenvalue weighted by Crippen LogP contribution is -2.04. The normalized spacial score (nSPS) is 11.3. The standard InChI is InChI=1S/C16H19N3/c1-4-14-10-15(18(3)17-14)11-19-8-7-13-9-12(2)5-6-16(13)19/h5-10H,4,11H2,1-3H3. The molecule has 0 aliphatic rings. The van der Waals surface area contributed by atoms with Crippen molar-refractivity contribution in [3.05, 3.63) is 53.5 Å². The fourth-order valence-electron chi connectivity index (χ4n) is 2.52. The first-order valence-corrected chi connectivity index (χ1v) is 6.74. The van der Waals surface area contributed by atoms with Gasteiger partial charge in [-0.15, -0.1) is 0 Å². The molecular weight excluding hydrogens is 234 g/mol. The molecule has 0 N–H and O–H groups in total. The van der Waals surface area contributed by atoms with Gasteiger partial charge in [-0.05, 0) is 43.0 Å². The molecule has 0 spiro atoms. The Kier molecular flexibility index (Phi) is 2.90. The molecule has 3 nitrogen and oxygen atoms in total. The second-order valence-corrected chi connectivity index (χ2v) is 5.11. The van der Waals surface area contributed by atoms with Gasteiger partial charge in [0.2, 0.25) is 0 Å². The van der Waals surface area contributed by atoms with Crippen molar-refractivity contribution < 1.29 is 0 Å². The zero-order valence-corrected chi connectivity index (χ0v) is 11.7. The van der Waals surface area contributed by atoms with Crippen LogP contribution in [0.15, 0.2) is 36.5 Å². The summed E-state index contributed by atoms with van der Waals surface area (Å²) in [7, 11) is 2.02. The summed E-state index contributed by atoms with van der Waals surface area (Å²) >= 11 is 0. The van der Waals surface area contributed by atoms with Gasteiger partial charge in [-0.1, -0.05) is 18.6 Å². The summed E-state index contributed by atoms with van der Waals surface area (Å²) in [5.41, 5.74) is 4.99. The highest BCUT2D eigenvalue weighted by molar-refractivity contribution is 5.80. The van der Waals surface area contributed by atoms with Crippen LogP contribution >= 0.6 is 0 Å². The highest BCUT2D eigenvalue weighted by atomic mass is 15.3. The van der Waals surface area contributed by atoms with Crippen molar-refractivity contribution in [3.63, 3.8) is 0 Å². The lowest BCUT2D eigenvalue weighted by Gasteiger charge is -2.06. The van der Waals surface area contributed by atoms with E-state index in [4.69, 9.17) is 0 Å². The van der Waals surface area contributed by atoms with Gasteiger partial charge in [0.05, 0.1) is 17.9 Å². The molecule has 98 valence electrons. The monoisotopic (exact) mass is 253 g/mol. The number of nitrogens with zero attached hydrogens (tertiary/aromatic N) is 3. The van der Waals surface area contributed by atoms with Crippen LogP contribution in [-0.2, 0) is 20.0 Å². The second-order valence-electron chi connectivity index (χ2n) is 5.11. The first-order valence-electron chi connectivity index (χ1n) is 6.74. The van der Waals surface area contributed by atoms with Crippen molar-refractivity contribution in [2.75, 3.05) is 0 Å². The highest BCUT2D eigenvalue weighted by Gasteiger charge is 2.07. The van der Waals surface area contributed by atoms with E-state index in [2.05, 4.69) is 60.0 Å². The summed E-state index contributed by atoms with van der Waals surface area (Å²) in [6.45, 7) is 5.14. The minimum atomic E-state index is 0.871. The molecule has 3 heteroatoms. The van der Waals surface area contributed by atoms with Crippen LogP contribution in [0.4, 0.5) is 0 Å². The van der Waals surface area contributed by atoms with Gasteiger partial charge < -0.3 is 4.57 Å². The van der Waals surface area contributed by atoms with Gasteiger partial charge in [-0.3, -0.25) is 4.68 Å². The summed E-state index contributed by atoms with van der Waals surface area (Å²) < 4.78 is 4.27. The Labute approximate surface area is 113 Å². The maximum absolute atomic E-state index is 4.51. The molecule has 0 aliphatic heterocycles. The van der Waals surface area contributed by atoms with Crippen molar-refractivity contribution in [2.24, 2.45) is 7.05 Å². The Hall–Kier alpha value is -2.03. The smallest absolute Gasteiger partial charge is 0.0645 e. The zero-order chi connectivity index (χ0) is 13.4. The van der Waals surface area contributed by atoms with Crippen LogP contribution in [0.2, 0.25) is 0 Å². The van der Waals surface area contributed by atoms with E-state index in [1.165, 1.54) is 22.2 Å². The molecule has 0 bridgehead atoms. The third kappa shape index (κ3) is 2.16. The maximum Gasteiger partial charge on any atom is 0.0645 e. The Morgan fingerprint density at radius 3 is 2.74 bits per heavy atom. The van der Waals surface area contributed by atoms with Gasteiger partial charge in [0.15, 0.2) is 0 Å². The van der Waals surface area contributed by atoms with Crippen molar-refractivity contribution in [2.45, 2.75) is 26.8 Å². The summed E-state index contributed by atoms with van der Waals surface area (Å²) in [5.74, 6) is 0. The second kappa shape index (κ2) is 4.57. The minimum absolute atomic E-state index is 0.871. The molecule has 0 aliphatic carbocycles. The van der Waals surface area contributed by atoms with Gasteiger partial charge in [-0.2, -0.15) is 5.10 Å². The van der Waals surface area contributed by atoms with E-state index in [1.807, 2.05) is 11.7 Å². The van der Waals surface area contributed by atoms with E-state index in [9.17, 15) is 0 Å². The van der Waals surface area contributed by atoms with Crippen LogP contribution < -0.4 is 0 Å². The largest absolute Gasteiger partial charge is 0.341 e. The van der Waals surface area contributed by atoms with E-state index in [1.54, 1.807) is 0 Å². The number of aromatic nitrogens is 3. The van der Waals surface area contributed by atoms with E-state index in [0.717, 1.165) is 18.7 Å². The zero-order valence-electron chi connectivity index (χ0n) is 11.7. The van der Waals surface area contributed by atoms with Crippen molar-refractivity contribution in [1.29, 1.82) is 0 Å². The van der Waals surface area contributed by atoms with Gasteiger partial charge in [0, 0.05) is 18.8 Å². The van der Waals surface area contributed by atoms with Crippen LogP contribution in [0, 0.1) is 6.92 Å². The number of fused-ring (bicyclic) bond motifs is 1. The topological polar surface area (TPSA) is 22.8 Å². The van der Waals surface area contributed by atoms with Gasteiger partial charge in [0.1, 0.15) is 0 Å². The number of benzene rings is 1. The molecule has 19 heavy (non-hydrogen) atoms. The summed E-state index contributed by atoms with van der Waals surface area (Å²) in [6, 6.07) is 11.0. The van der Waals surface area contributed by atoms with E-state index < -0.39 is 0 Å². The fraction of sp³-hybridized carbons (Fsp3) is 0.312. The molecule has 0 amide bonds. The fourth-order valence-corrected chi connectivity index (χ4v) is 2.52. The Bertz CT molecular complexity index is 719. The van der Waals surface area contributed by atoms with Crippen LogP contribution in [0.3, 0.4) is 0 Å². The van der Waals surface area contributed by atoms with E-state index >= 15 is 0 Å². The number of aryl methyl sites for hydroxylation is 3. The molecule has 1 aromatic carbocycles. The Morgan fingerprint density at radius 2 is 2.00 bits per heavy atom. The molecule has 3 aromatic rings. The van der Waals surface area contributed by atoms with Crippen LogP contribution in [0.5, 0.6) is 0 Å². The van der Waals surface area contributed by atoms with Crippen molar-refractivity contribution >= 4 is 10.9 Å². The average Bonchev–Trinajstić information content (AvgIpc) is 2.94. The third-order valence-electron chi connectivity index (χ3n) is 3.65. The summed E-state index contributed by atoms with van der Waals surface area (Å²) in [4.78, 5) is 0. The molecule has 2 aromatic heterocycles. The van der Waals surface area contributed by atoms with Gasteiger partial charge in [0.25, 0.3) is 0 Å². The van der Waals surface area contributed by atoms with Crippen molar-refractivity contribution in [1.82, 2.24) is 14.3 Å². The third-order valence-corrected chi connectivity index (χ3v) is 3.65. The van der Waals surface area contributed by atoms with Crippen LogP contribution in [0.1, 0.15) is 23.9 Å². The number of hydrogen-bond donors (Lipinski definition) is 0. The predicted octanol–water partition coefficient (Wildman–Crippen LogP) is 3.29. The van der Waals surface area contributed by atoms with E-state index in [0.29, 0.717) is 0 Å². The molecule has 0 unspecified atom stereocenters. The SMILES string of the molecule is CCc1cc(Cn2ccc3cc(C)ccc32)n(C)n1. The molecule has 0 atom stereocenters. The summed E-state index contributed by atoms with van der Waals surface area (Å²) in [6.07, 6.45) is 3.14. The van der Waals surface area contributed by atoms with E-state index in [-0.39, 0.29) is 0 Å². The molecule has 0 radical (unpaired) electrons. The first kappa shape index (κ1) is 12.0. The van der Waals surface area contributed by atoms with Crippen LogP contribution in [-0.4, -0.2) is 14.3 Å². The average molecular weight is 253 g/mol. The first-order chi connectivity index (χ1) is 9.17. The van der Waals surface area contributed by atoms with Gasteiger partial charge >= 0.3 is 0 Å². The Balaban J connectivity index is 1.98. The molecule has 2 heterocycles. The lowest BCUT2D eigenvalue weighted by molar-refractivity contribution is 0.669. The van der Waals surface area contributed by atoms with Gasteiger partial charge in [-0.25, -0.2) is 0 Å². The lowest BCUT2D eigenvalue weighted by atomic mass is 10.2. The molecule has 0 saturated heterocycles. The van der Waals surface area contributed by atoms with Crippen molar-refractivity contribution in [3.8, 4) is 0 Å². The predicted molar refractivity (Wildman–Crippen MR) is 78.4 cm³/mol. The Morgan fingerprint density at radius 1 is 1.16 bits per heavy atom.